The molecule has 0 aromatic heterocycles. The number of sulfonamides is 1. The van der Waals surface area contributed by atoms with Gasteiger partial charge in [0.25, 0.3) is 5.91 Å². The van der Waals surface area contributed by atoms with Gasteiger partial charge in [0, 0.05) is 19.8 Å². The third kappa shape index (κ3) is 5.24. The van der Waals surface area contributed by atoms with Crippen LogP contribution in [0, 0.1) is 6.92 Å². The van der Waals surface area contributed by atoms with Crippen LogP contribution >= 0.6 is 0 Å². The SMILES string of the molecule is CCOc1ccc(NC(=O)[C@@H](C)Oc2ccc(C)cc2)cc1S(=O)(=O)N(C)C. The van der Waals surface area contributed by atoms with E-state index in [4.69, 9.17) is 9.47 Å². The van der Waals surface area contributed by atoms with Crippen molar-refractivity contribution < 1.29 is 22.7 Å². The largest absolute Gasteiger partial charge is 0.492 e. The molecule has 0 spiro atoms. The molecule has 1 N–H and O–H groups in total. The van der Waals surface area contributed by atoms with Gasteiger partial charge in [-0.15, -0.1) is 0 Å². The minimum atomic E-state index is -3.74. The highest BCUT2D eigenvalue weighted by atomic mass is 32.2. The Bertz CT molecular complexity index is 924. The number of rotatable bonds is 8. The zero-order chi connectivity index (χ0) is 20.9. The lowest BCUT2D eigenvalue weighted by Gasteiger charge is -2.18. The van der Waals surface area contributed by atoms with Gasteiger partial charge in [0.1, 0.15) is 16.4 Å². The summed E-state index contributed by atoms with van der Waals surface area (Å²) in [6.45, 7) is 5.68. The van der Waals surface area contributed by atoms with Crippen LogP contribution in [0.4, 0.5) is 5.69 Å². The van der Waals surface area contributed by atoms with Crippen molar-refractivity contribution in [3.8, 4) is 11.5 Å². The van der Waals surface area contributed by atoms with Gasteiger partial charge in [0.05, 0.1) is 6.61 Å². The second kappa shape index (κ2) is 9.07. The molecule has 0 aliphatic heterocycles. The number of nitrogens with one attached hydrogen (secondary N) is 1. The van der Waals surface area contributed by atoms with Gasteiger partial charge in [-0.05, 0) is 51.1 Å². The van der Waals surface area contributed by atoms with Crippen LogP contribution in [0.3, 0.4) is 0 Å². The summed E-state index contributed by atoms with van der Waals surface area (Å²) in [6, 6.07) is 11.9. The van der Waals surface area contributed by atoms with E-state index in [0.29, 0.717) is 18.0 Å². The van der Waals surface area contributed by atoms with Gasteiger partial charge in [0.15, 0.2) is 6.10 Å². The van der Waals surface area contributed by atoms with E-state index in [0.717, 1.165) is 9.87 Å². The van der Waals surface area contributed by atoms with Crippen molar-refractivity contribution in [3.63, 3.8) is 0 Å². The Morgan fingerprint density at radius 1 is 1.14 bits per heavy atom. The molecule has 0 radical (unpaired) electrons. The molecule has 0 aliphatic rings. The lowest BCUT2D eigenvalue weighted by Crippen LogP contribution is -2.30. The molecule has 2 aromatic carbocycles. The smallest absolute Gasteiger partial charge is 0.265 e. The summed E-state index contributed by atoms with van der Waals surface area (Å²) in [7, 11) is -0.859. The summed E-state index contributed by atoms with van der Waals surface area (Å²) in [5, 5.41) is 2.69. The van der Waals surface area contributed by atoms with Crippen molar-refractivity contribution in [3.05, 3.63) is 48.0 Å². The van der Waals surface area contributed by atoms with E-state index < -0.39 is 22.0 Å². The molecular formula is C20H26N2O5S. The first-order valence-electron chi connectivity index (χ1n) is 8.88. The van der Waals surface area contributed by atoms with Crippen molar-refractivity contribution in [2.45, 2.75) is 31.8 Å². The number of hydrogen-bond acceptors (Lipinski definition) is 5. The Morgan fingerprint density at radius 2 is 1.79 bits per heavy atom. The number of ether oxygens (including phenoxy) is 2. The first-order chi connectivity index (χ1) is 13.1. The summed E-state index contributed by atoms with van der Waals surface area (Å²) in [4.78, 5) is 12.5. The highest BCUT2D eigenvalue weighted by molar-refractivity contribution is 7.89. The Labute approximate surface area is 166 Å². The molecule has 2 aromatic rings. The van der Waals surface area contributed by atoms with Crippen LogP contribution in [0.5, 0.6) is 11.5 Å². The van der Waals surface area contributed by atoms with Crippen LogP contribution in [0.2, 0.25) is 0 Å². The number of carbonyl (C=O) groups excluding carboxylic acids is 1. The lowest BCUT2D eigenvalue weighted by atomic mass is 10.2. The molecule has 0 bridgehead atoms. The van der Waals surface area contributed by atoms with Gasteiger partial charge in [-0.2, -0.15) is 0 Å². The van der Waals surface area contributed by atoms with Crippen LogP contribution in [-0.4, -0.2) is 45.4 Å². The average Bonchev–Trinajstić information content (AvgIpc) is 2.64. The fourth-order valence-electron chi connectivity index (χ4n) is 2.38. The monoisotopic (exact) mass is 406 g/mol. The summed E-state index contributed by atoms with van der Waals surface area (Å²) >= 11 is 0. The molecule has 0 saturated carbocycles. The van der Waals surface area contributed by atoms with E-state index in [-0.39, 0.29) is 10.6 Å². The Morgan fingerprint density at radius 3 is 2.36 bits per heavy atom. The van der Waals surface area contributed by atoms with Gasteiger partial charge in [-0.3, -0.25) is 4.79 Å². The number of aryl methyl sites for hydroxylation is 1. The second-order valence-electron chi connectivity index (χ2n) is 6.44. The van der Waals surface area contributed by atoms with Crippen LogP contribution in [0.15, 0.2) is 47.4 Å². The minimum Gasteiger partial charge on any atom is -0.492 e. The topological polar surface area (TPSA) is 84.9 Å². The number of benzene rings is 2. The fraction of sp³-hybridized carbons (Fsp3) is 0.350. The molecule has 2 rings (SSSR count). The molecule has 0 heterocycles. The maximum Gasteiger partial charge on any atom is 0.265 e. The van der Waals surface area contributed by atoms with Crippen molar-refractivity contribution in [2.24, 2.45) is 0 Å². The standard InChI is InChI=1S/C20H26N2O5S/c1-6-26-18-12-9-16(13-19(18)28(24,25)22(4)5)21-20(23)15(3)27-17-10-7-14(2)8-11-17/h7-13,15H,6H2,1-5H3,(H,21,23)/t15-/m1/s1. The van der Waals surface area contributed by atoms with Gasteiger partial charge >= 0.3 is 0 Å². The molecule has 1 amide bonds. The van der Waals surface area contributed by atoms with Gasteiger partial charge in [-0.25, -0.2) is 12.7 Å². The van der Waals surface area contributed by atoms with Gasteiger partial charge in [0.2, 0.25) is 10.0 Å². The van der Waals surface area contributed by atoms with E-state index in [1.165, 1.54) is 26.2 Å². The molecule has 0 aliphatic carbocycles. The van der Waals surface area contributed by atoms with Crippen LogP contribution < -0.4 is 14.8 Å². The number of amides is 1. The Kier molecular flexibility index (Phi) is 7.04. The molecule has 0 unspecified atom stereocenters. The van der Waals surface area contributed by atoms with E-state index in [1.807, 2.05) is 19.1 Å². The predicted octanol–water partition coefficient (Wildman–Crippen LogP) is 3.05. The molecule has 8 heteroatoms. The van der Waals surface area contributed by atoms with E-state index in [9.17, 15) is 13.2 Å². The maximum atomic E-state index is 12.6. The zero-order valence-electron chi connectivity index (χ0n) is 16.7. The summed E-state index contributed by atoms with van der Waals surface area (Å²) in [5.41, 5.74) is 1.43. The van der Waals surface area contributed by atoms with Crippen molar-refractivity contribution >= 4 is 21.6 Å². The first-order valence-corrected chi connectivity index (χ1v) is 10.3. The highest BCUT2D eigenvalue weighted by Crippen LogP contribution is 2.29. The van der Waals surface area contributed by atoms with E-state index in [2.05, 4.69) is 5.32 Å². The molecule has 7 nitrogen and oxygen atoms in total. The maximum absolute atomic E-state index is 12.6. The molecule has 152 valence electrons. The molecule has 1 atom stereocenters. The summed E-state index contributed by atoms with van der Waals surface area (Å²) < 4.78 is 37.3. The van der Waals surface area contributed by atoms with E-state index >= 15 is 0 Å². The molecule has 28 heavy (non-hydrogen) atoms. The molecule has 0 fully saturated rings. The van der Waals surface area contributed by atoms with Crippen molar-refractivity contribution in [1.29, 1.82) is 0 Å². The van der Waals surface area contributed by atoms with Crippen LogP contribution in [-0.2, 0) is 14.8 Å². The van der Waals surface area contributed by atoms with Crippen LogP contribution in [0.25, 0.3) is 0 Å². The number of hydrogen-bond donors (Lipinski definition) is 1. The molecular weight excluding hydrogens is 380 g/mol. The van der Waals surface area contributed by atoms with Crippen molar-refractivity contribution in [2.75, 3.05) is 26.0 Å². The normalized spacial score (nSPS) is 12.5. The predicted molar refractivity (Wildman–Crippen MR) is 108 cm³/mol. The zero-order valence-corrected chi connectivity index (χ0v) is 17.5. The summed E-state index contributed by atoms with van der Waals surface area (Å²) in [5.74, 6) is 0.423. The average molecular weight is 407 g/mol. The Balaban J connectivity index is 2.20. The van der Waals surface area contributed by atoms with Gasteiger partial charge in [-0.1, -0.05) is 17.7 Å². The number of anilines is 1. The van der Waals surface area contributed by atoms with Crippen LogP contribution in [0.1, 0.15) is 19.4 Å². The minimum absolute atomic E-state index is 0.00995. The Hall–Kier alpha value is -2.58. The third-order valence-electron chi connectivity index (χ3n) is 3.97. The second-order valence-corrected chi connectivity index (χ2v) is 8.56. The summed E-state index contributed by atoms with van der Waals surface area (Å²) in [6.07, 6.45) is -0.761. The lowest BCUT2D eigenvalue weighted by molar-refractivity contribution is -0.122. The number of carbonyl (C=O) groups is 1. The third-order valence-corrected chi connectivity index (χ3v) is 5.81. The quantitative estimate of drug-likeness (QED) is 0.728. The van der Waals surface area contributed by atoms with E-state index in [1.54, 1.807) is 32.0 Å². The molecule has 0 saturated heterocycles. The number of nitrogens with zero attached hydrogens (tertiary/aromatic N) is 1. The fourth-order valence-corrected chi connectivity index (χ4v) is 3.43. The first kappa shape index (κ1) is 21.7. The van der Waals surface area contributed by atoms with Gasteiger partial charge < -0.3 is 14.8 Å². The highest BCUT2D eigenvalue weighted by Gasteiger charge is 2.24. The van der Waals surface area contributed by atoms with Crippen molar-refractivity contribution in [1.82, 2.24) is 4.31 Å².